The van der Waals surface area contributed by atoms with Gasteiger partial charge in [-0.15, -0.1) is 0 Å². The van der Waals surface area contributed by atoms with Gasteiger partial charge >= 0.3 is 0 Å². The summed E-state index contributed by atoms with van der Waals surface area (Å²) in [5, 5.41) is 3.52. The second-order valence-corrected chi connectivity index (χ2v) is 6.00. The van der Waals surface area contributed by atoms with Crippen molar-refractivity contribution in [2.24, 2.45) is 0 Å². The van der Waals surface area contributed by atoms with E-state index in [1.54, 1.807) is 0 Å². The Kier molecular flexibility index (Phi) is 5.58. The van der Waals surface area contributed by atoms with Crippen molar-refractivity contribution in [3.05, 3.63) is 70.3 Å². The molecule has 1 N–H and O–H groups in total. The number of nitrogens with one attached hydrogen (secondary N) is 1. The summed E-state index contributed by atoms with van der Waals surface area (Å²) >= 11 is 0. The minimum Gasteiger partial charge on any atom is -0.316 e. The first-order valence-corrected chi connectivity index (χ1v) is 7.94. The lowest BCUT2D eigenvalue weighted by Crippen LogP contribution is -2.23. The van der Waals surface area contributed by atoms with E-state index in [2.05, 4.69) is 75.5 Å². The fraction of sp³-hybridized carbons (Fsp3) is 0.400. The third-order valence-electron chi connectivity index (χ3n) is 4.20. The van der Waals surface area contributed by atoms with Crippen LogP contribution in [0.25, 0.3) is 0 Å². The molecule has 0 radical (unpaired) electrons. The first-order valence-electron chi connectivity index (χ1n) is 7.94. The molecule has 0 saturated heterocycles. The highest BCUT2D eigenvalue weighted by Gasteiger charge is 2.14. The first-order chi connectivity index (χ1) is 10.1. The second kappa shape index (κ2) is 7.42. The lowest BCUT2D eigenvalue weighted by molar-refractivity contribution is 0.593. The third-order valence-corrected chi connectivity index (χ3v) is 4.20. The van der Waals surface area contributed by atoms with E-state index in [1.165, 1.54) is 27.8 Å². The third kappa shape index (κ3) is 4.18. The van der Waals surface area contributed by atoms with E-state index in [0.29, 0.717) is 5.92 Å². The average molecular weight is 281 g/mol. The van der Waals surface area contributed by atoms with Crippen molar-refractivity contribution >= 4 is 0 Å². The summed E-state index contributed by atoms with van der Waals surface area (Å²) in [6.45, 7) is 10.9. The average Bonchev–Trinajstić information content (AvgIpc) is 2.46. The Hall–Kier alpha value is -1.60. The Morgan fingerprint density at radius 2 is 1.57 bits per heavy atom. The van der Waals surface area contributed by atoms with E-state index >= 15 is 0 Å². The standard InChI is InChI=1S/C20H27N/c1-5-21-14-19(18-9-7-6-8-10-18)13-20-16(3)11-15(2)12-17(20)4/h6-12,19,21H,5,13-14H2,1-4H3. The molecule has 2 aromatic rings. The Bertz CT molecular complexity index is 549. The van der Waals surface area contributed by atoms with Gasteiger partial charge in [0.05, 0.1) is 0 Å². The van der Waals surface area contributed by atoms with Crippen molar-refractivity contribution in [2.45, 2.75) is 40.0 Å². The zero-order chi connectivity index (χ0) is 15.2. The number of aryl methyl sites for hydroxylation is 3. The molecule has 0 fully saturated rings. The topological polar surface area (TPSA) is 12.0 Å². The summed E-state index contributed by atoms with van der Waals surface area (Å²) in [6.07, 6.45) is 1.11. The molecule has 112 valence electrons. The largest absolute Gasteiger partial charge is 0.316 e. The molecule has 21 heavy (non-hydrogen) atoms. The SMILES string of the molecule is CCNCC(Cc1c(C)cc(C)cc1C)c1ccccc1. The molecule has 0 spiro atoms. The monoisotopic (exact) mass is 281 g/mol. The minimum absolute atomic E-state index is 0.534. The number of likely N-dealkylation sites (N-methyl/N-ethyl adjacent to an activating group) is 1. The van der Waals surface area contributed by atoms with Gasteiger partial charge in [0.25, 0.3) is 0 Å². The molecule has 2 aromatic carbocycles. The van der Waals surface area contributed by atoms with E-state index in [0.717, 1.165) is 19.5 Å². The smallest absolute Gasteiger partial charge is 0.00232 e. The molecule has 1 atom stereocenters. The second-order valence-electron chi connectivity index (χ2n) is 6.00. The maximum Gasteiger partial charge on any atom is 0.00232 e. The lowest BCUT2D eigenvalue weighted by Gasteiger charge is -2.21. The van der Waals surface area contributed by atoms with Crippen molar-refractivity contribution in [1.29, 1.82) is 0 Å². The van der Waals surface area contributed by atoms with Crippen molar-refractivity contribution in [3.63, 3.8) is 0 Å². The molecule has 0 aliphatic carbocycles. The van der Waals surface area contributed by atoms with Gasteiger partial charge in [-0.2, -0.15) is 0 Å². The summed E-state index contributed by atoms with van der Waals surface area (Å²) < 4.78 is 0. The molecule has 0 saturated carbocycles. The molecule has 0 aliphatic heterocycles. The number of hydrogen-bond donors (Lipinski definition) is 1. The normalized spacial score (nSPS) is 12.4. The van der Waals surface area contributed by atoms with Crippen LogP contribution in [0.15, 0.2) is 42.5 Å². The molecule has 0 amide bonds. The van der Waals surface area contributed by atoms with E-state index in [1.807, 2.05) is 0 Å². The van der Waals surface area contributed by atoms with Crippen molar-refractivity contribution < 1.29 is 0 Å². The fourth-order valence-corrected chi connectivity index (χ4v) is 3.13. The molecule has 1 heteroatoms. The molecule has 0 bridgehead atoms. The van der Waals surface area contributed by atoms with E-state index in [9.17, 15) is 0 Å². The van der Waals surface area contributed by atoms with Gasteiger partial charge in [0.2, 0.25) is 0 Å². The van der Waals surface area contributed by atoms with Crippen LogP contribution < -0.4 is 5.32 Å². The summed E-state index contributed by atoms with van der Waals surface area (Å²) in [5.41, 5.74) is 7.14. The maximum atomic E-state index is 3.52. The quantitative estimate of drug-likeness (QED) is 0.819. The fourth-order valence-electron chi connectivity index (χ4n) is 3.13. The van der Waals surface area contributed by atoms with Crippen LogP contribution in [0.5, 0.6) is 0 Å². The predicted octanol–water partition coefficient (Wildman–Crippen LogP) is 4.55. The van der Waals surface area contributed by atoms with Gasteiger partial charge in [0, 0.05) is 12.5 Å². The Balaban J connectivity index is 2.27. The number of rotatable bonds is 6. The van der Waals surface area contributed by atoms with Crippen molar-refractivity contribution in [1.82, 2.24) is 5.32 Å². The highest BCUT2D eigenvalue weighted by atomic mass is 14.8. The molecular formula is C20H27N. The molecule has 2 rings (SSSR count). The summed E-state index contributed by atoms with van der Waals surface area (Å²) in [7, 11) is 0. The van der Waals surface area contributed by atoms with Crippen LogP contribution >= 0.6 is 0 Å². The molecular weight excluding hydrogens is 254 g/mol. The van der Waals surface area contributed by atoms with Gasteiger partial charge in [-0.3, -0.25) is 0 Å². The highest BCUT2D eigenvalue weighted by molar-refractivity contribution is 5.39. The van der Waals surface area contributed by atoms with Crippen LogP contribution in [-0.4, -0.2) is 13.1 Å². The zero-order valence-electron chi connectivity index (χ0n) is 13.7. The Morgan fingerprint density at radius 3 is 2.14 bits per heavy atom. The van der Waals surface area contributed by atoms with Gasteiger partial charge in [0.15, 0.2) is 0 Å². The molecule has 1 unspecified atom stereocenters. The van der Waals surface area contributed by atoms with Gasteiger partial charge in [0.1, 0.15) is 0 Å². The van der Waals surface area contributed by atoms with Crippen LogP contribution in [-0.2, 0) is 6.42 Å². The predicted molar refractivity (Wildman–Crippen MR) is 92.1 cm³/mol. The van der Waals surface area contributed by atoms with Crippen LogP contribution in [0, 0.1) is 20.8 Å². The first kappa shape index (κ1) is 15.8. The molecule has 0 heterocycles. The summed E-state index contributed by atoms with van der Waals surface area (Å²) in [4.78, 5) is 0. The van der Waals surface area contributed by atoms with Crippen molar-refractivity contribution in [3.8, 4) is 0 Å². The van der Waals surface area contributed by atoms with Crippen LogP contribution in [0.1, 0.15) is 40.7 Å². The lowest BCUT2D eigenvalue weighted by atomic mass is 9.87. The van der Waals surface area contributed by atoms with E-state index in [-0.39, 0.29) is 0 Å². The van der Waals surface area contributed by atoms with Gasteiger partial charge in [-0.1, -0.05) is 55.0 Å². The van der Waals surface area contributed by atoms with Gasteiger partial charge in [-0.25, -0.2) is 0 Å². The van der Waals surface area contributed by atoms with E-state index in [4.69, 9.17) is 0 Å². The Morgan fingerprint density at radius 1 is 0.952 bits per heavy atom. The van der Waals surface area contributed by atoms with Gasteiger partial charge in [-0.05, 0) is 56.0 Å². The Labute approximate surface area is 129 Å². The number of hydrogen-bond acceptors (Lipinski definition) is 1. The van der Waals surface area contributed by atoms with Crippen LogP contribution in [0.3, 0.4) is 0 Å². The molecule has 1 nitrogen and oxygen atoms in total. The van der Waals surface area contributed by atoms with Gasteiger partial charge < -0.3 is 5.32 Å². The zero-order valence-corrected chi connectivity index (χ0v) is 13.7. The number of benzene rings is 2. The maximum absolute atomic E-state index is 3.52. The molecule has 0 aromatic heterocycles. The van der Waals surface area contributed by atoms with Crippen LogP contribution in [0.2, 0.25) is 0 Å². The van der Waals surface area contributed by atoms with Crippen molar-refractivity contribution in [2.75, 3.05) is 13.1 Å². The summed E-state index contributed by atoms with van der Waals surface area (Å²) in [5.74, 6) is 0.534. The van der Waals surface area contributed by atoms with E-state index < -0.39 is 0 Å². The minimum atomic E-state index is 0.534. The summed E-state index contributed by atoms with van der Waals surface area (Å²) in [6, 6.07) is 15.5. The molecule has 0 aliphatic rings. The van der Waals surface area contributed by atoms with Crippen LogP contribution in [0.4, 0.5) is 0 Å². The highest BCUT2D eigenvalue weighted by Crippen LogP contribution is 2.25.